The van der Waals surface area contributed by atoms with Crippen molar-refractivity contribution in [2.24, 2.45) is 5.92 Å². The number of ether oxygens (including phenoxy) is 2. The summed E-state index contributed by atoms with van der Waals surface area (Å²) in [5.74, 6) is -1.34. The third-order valence-electron chi connectivity index (χ3n) is 4.13. The Kier molecular flexibility index (Phi) is 5.89. The second-order valence-electron chi connectivity index (χ2n) is 6.99. The lowest BCUT2D eigenvalue weighted by molar-refractivity contribution is -0.156. The fourth-order valence-electron chi connectivity index (χ4n) is 3.14. The van der Waals surface area contributed by atoms with E-state index in [4.69, 9.17) is 22.9 Å². The SMILES string of the molecule is COP(=O)(CC(=O)[C@H]1CC2(C[C@H]1O[Si](C)(C)C)OCCO2)OC. The van der Waals surface area contributed by atoms with Crippen LogP contribution in [0.3, 0.4) is 0 Å². The quantitative estimate of drug-likeness (QED) is 0.505. The molecule has 1 saturated heterocycles. The molecule has 0 N–H and O–H groups in total. The zero-order valence-corrected chi connectivity index (χ0v) is 16.4. The summed E-state index contributed by atoms with van der Waals surface area (Å²) >= 11 is 0. The van der Waals surface area contributed by atoms with Gasteiger partial charge in [0.2, 0.25) is 0 Å². The van der Waals surface area contributed by atoms with E-state index in [2.05, 4.69) is 19.6 Å². The van der Waals surface area contributed by atoms with Gasteiger partial charge in [-0.1, -0.05) is 0 Å². The molecule has 0 bridgehead atoms. The fourth-order valence-corrected chi connectivity index (χ4v) is 5.32. The van der Waals surface area contributed by atoms with Crippen LogP contribution in [0.1, 0.15) is 12.8 Å². The number of rotatable bonds is 7. The maximum atomic E-state index is 12.7. The molecule has 1 aliphatic carbocycles. The van der Waals surface area contributed by atoms with Gasteiger partial charge in [-0.25, -0.2) is 0 Å². The minimum Gasteiger partial charge on any atom is -0.414 e. The van der Waals surface area contributed by atoms with Crippen LogP contribution in [0, 0.1) is 5.92 Å². The third kappa shape index (κ3) is 4.72. The first-order valence-corrected chi connectivity index (χ1v) is 12.9. The first-order valence-electron chi connectivity index (χ1n) is 7.81. The van der Waals surface area contributed by atoms with E-state index in [0.29, 0.717) is 26.1 Å². The summed E-state index contributed by atoms with van der Waals surface area (Å²) in [7, 11) is -2.66. The first-order chi connectivity index (χ1) is 10.6. The van der Waals surface area contributed by atoms with Gasteiger partial charge in [-0.3, -0.25) is 9.36 Å². The Morgan fingerprint density at radius 1 is 1.17 bits per heavy atom. The summed E-state index contributed by atoms with van der Waals surface area (Å²) in [6.45, 7) is 7.27. The van der Waals surface area contributed by atoms with Crippen molar-refractivity contribution >= 4 is 21.7 Å². The van der Waals surface area contributed by atoms with Crippen LogP contribution in [-0.4, -0.2) is 59.6 Å². The Morgan fingerprint density at radius 3 is 2.22 bits per heavy atom. The third-order valence-corrected chi connectivity index (χ3v) is 6.95. The summed E-state index contributed by atoms with van der Waals surface area (Å²) in [5.41, 5.74) is 0. The van der Waals surface area contributed by atoms with E-state index in [1.165, 1.54) is 14.2 Å². The number of carbonyl (C=O) groups excluding carboxylic acids is 1. The highest BCUT2D eigenvalue weighted by atomic mass is 31.2. The van der Waals surface area contributed by atoms with Crippen molar-refractivity contribution in [1.29, 1.82) is 0 Å². The van der Waals surface area contributed by atoms with E-state index in [1.807, 2.05) is 0 Å². The predicted molar refractivity (Wildman–Crippen MR) is 87.1 cm³/mol. The van der Waals surface area contributed by atoms with E-state index in [0.717, 1.165) is 0 Å². The lowest BCUT2D eigenvalue weighted by atomic mass is 10.0. The van der Waals surface area contributed by atoms with E-state index < -0.39 is 27.6 Å². The van der Waals surface area contributed by atoms with Gasteiger partial charge in [-0.15, -0.1) is 0 Å². The first kappa shape index (κ1) is 19.2. The Balaban J connectivity index is 2.15. The highest BCUT2D eigenvalue weighted by Crippen LogP contribution is 2.49. The predicted octanol–water partition coefficient (Wildman–Crippen LogP) is 2.41. The monoisotopic (exact) mass is 366 g/mol. The van der Waals surface area contributed by atoms with E-state index in [-0.39, 0.29) is 18.0 Å². The Bertz CT molecular complexity index is 476. The topological polar surface area (TPSA) is 80.3 Å². The molecule has 1 spiro atoms. The molecule has 134 valence electrons. The molecule has 1 aliphatic heterocycles. The maximum absolute atomic E-state index is 12.7. The van der Waals surface area contributed by atoms with Crippen molar-refractivity contribution in [3.05, 3.63) is 0 Å². The Hall–Kier alpha value is -0.0831. The van der Waals surface area contributed by atoms with Gasteiger partial charge in [0.1, 0.15) is 6.16 Å². The molecule has 2 aliphatic rings. The number of hydrogen-bond donors (Lipinski definition) is 0. The standard InChI is InChI=1S/C14H27O7PSi/c1-17-22(16,18-2)10-12(15)11-8-14(19-6-7-20-14)9-13(11)21-23(3,4)5/h11,13H,6-10H2,1-5H3/t11-,13-/m1/s1. The van der Waals surface area contributed by atoms with Crippen LogP contribution < -0.4 is 0 Å². The van der Waals surface area contributed by atoms with Gasteiger partial charge in [0.25, 0.3) is 0 Å². The average Bonchev–Trinajstić information content (AvgIpc) is 3.05. The van der Waals surface area contributed by atoms with Gasteiger partial charge in [0.05, 0.1) is 19.3 Å². The van der Waals surface area contributed by atoms with Gasteiger partial charge in [-0.05, 0) is 19.6 Å². The molecule has 9 heteroatoms. The van der Waals surface area contributed by atoms with Crippen molar-refractivity contribution < 1.29 is 32.3 Å². The molecule has 1 saturated carbocycles. The molecule has 2 fully saturated rings. The van der Waals surface area contributed by atoms with Crippen LogP contribution in [0.25, 0.3) is 0 Å². The van der Waals surface area contributed by atoms with Crippen LogP contribution in [0.4, 0.5) is 0 Å². The van der Waals surface area contributed by atoms with Gasteiger partial charge in [0, 0.05) is 33.0 Å². The second kappa shape index (κ2) is 7.04. The Labute approximate surface area is 138 Å². The van der Waals surface area contributed by atoms with Crippen LogP contribution in [0.5, 0.6) is 0 Å². The molecule has 0 amide bonds. The van der Waals surface area contributed by atoms with Crippen molar-refractivity contribution in [3.63, 3.8) is 0 Å². The van der Waals surface area contributed by atoms with E-state index in [9.17, 15) is 9.36 Å². The van der Waals surface area contributed by atoms with Gasteiger partial charge in [-0.2, -0.15) is 0 Å². The number of hydrogen-bond acceptors (Lipinski definition) is 7. The second-order valence-corrected chi connectivity index (χ2v) is 13.7. The van der Waals surface area contributed by atoms with Crippen molar-refractivity contribution in [2.45, 2.75) is 44.4 Å². The number of ketones is 1. The van der Waals surface area contributed by atoms with Gasteiger partial charge in [0.15, 0.2) is 19.9 Å². The molecule has 0 aromatic carbocycles. The maximum Gasteiger partial charge on any atom is 0.337 e. The van der Waals surface area contributed by atoms with Crippen LogP contribution in [0.15, 0.2) is 0 Å². The van der Waals surface area contributed by atoms with Gasteiger partial charge < -0.3 is 22.9 Å². The highest BCUT2D eigenvalue weighted by molar-refractivity contribution is 7.54. The molecule has 0 aromatic rings. The molecule has 7 nitrogen and oxygen atoms in total. The normalized spacial score (nSPS) is 27.7. The summed E-state index contributed by atoms with van der Waals surface area (Å²) in [6, 6.07) is 0. The van der Waals surface area contributed by atoms with Crippen LogP contribution in [-0.2, 0) is 32.3 Å². The smallest absolute Gasteiger partial charge is 0.337 e. The number of Topliss-reactive ketones (excluding diaryl/α,β-unsaturated/α-hetero) is 1. The molecule has 0 aromatic heterocycles. The molecule has 23 heavy (non-hydrogen) atoms. The minimum absolute atomic E-state index is 0.184. The molecule has 0 radical (unpaired) electrons. The average molecular weight is 366 g/mol. The van der Waals surface area contributed by atoms with Crippen LogP contribution in [0.2, 0.25) is 19.6 Å². The largest absolute Gasteiger partial charge is 0.414 e. The minimum atomic E-state index is -3.39. The fraction of sp³-hybridized carbons (Fsp3) is 0.929. The van der Waals surface area contributed by atoms with Crippen molar-refractivity contribution in [3.8, 4) is 0 Å². The summed E-state index contributed by atoms with van der Waals surface area (Å²) in [4.78, 5) is 12.7. The molecular formula is C14H27O7PSi. The zero-order valence-electron chi connectivity index (χ0n) is 14.5. The van der Waals surface area contributed by atoms with Crippen molar-refractivity contribution in [1.82, 2.24) is 0 Å². The highest BCUT2D eigenvalue weighted by Gasteiger charge is 2.53. The van der Waals surface area contributed by atoms with E-state index >= 15 is 0 Å². The van der Waals surface area contributed by atoms with Crippen LogP contribution >= 0.6 is 7.60 Å². The molecule has 2 atom stereocenters. The molecule has 0 unspecified atom stereocenters. The van der Waals surface area contributed by atoms with E-state index in [1.54, 1.807) is 0 Å². The summed E-state index contributed by atoms with van der Waals surface area (Å²) in [5, 5.41) is 0. The Morgan fingerprint density at radius 2 is 1.74 bits per heavy atom. The van der Waals surface area contributed by atoms with Crippen molar-refractivity contribution in [2.75, 3.05) is 33.6 Å². The lowest BCUT2D eigenvalue weighted by Gasteiger charge is -2.27. The molecule has 2 rings (SSSR count). The zero-order chi connectivity index (χ0) is 17.3. The summed E-state index contributed by atoms with van der Waals surface area (Å²) in [6.07, 6.45) is 0.410. The molecular weight excluding hydrogens is 339 g/mol. The van der Waals surface area contributed by atoms with Gasteiger partial charge >= 0.3 is 7.60 Å². The molecule has 1 heterocycles. The summed E-state index contributed by atoms with van der Waals surface area (Å²) < 4.78 is 39.7. The lowest BCUT2D eigenvalue weighted by Crippen LogP contribution is -2.37. The number of carbonyl (C=O) groups is 1.